The average Bonchev–Trinajstić information content (AvgIpc) is 2.41. The molecule has 0 heterocycles. The van der Waals surface area contributed by atoms with Gasteiger partial charge in [0.05, 0.1) is 0 Å². The van der Waals surface area contributed by atoms with Gasteiger partial charge in [0.2, 0.25) is 0 Å². The Labute approximate surface area is 116 Å². The molecule has 2 heteroatoms. The minimum Gasteiger partial charge on any atom is -0.309 e. The zero-order chi connectivity index (χ0) is 13.0. The highest BCUT2D eigenvalue weighted by Crippen LogP contribution is 2.39. The number of aryl methyl sites for hydroxylation is 1. The molecule has 0 saturated carbocycles. The van der Waals surface area contributed by atoms with Gasteiger partial charge in [-0.1, -0.05) is 45.0 Å². The van der Waals surface area contributed by atoms with Crippen LogP contribution in [0.5, 0.6) is 0 Å². The summed E-state index contributed by atoms with van der Waals surface area (Å²) in [4.78, 5) is 0. The van der Waals surface area contributed by atoms with Crippen molar-refractivity contribution in [1.29, 1.82) is 0 Å². The molecule has 1 N–H and O–H groups in total. The maximum absolute atomic E-state index is 3.70. The van der Waals surface area contributed by atoms with Gasteiger partial charge in [0.25, 0.3) is 0 Å². The summed E-state index contributed by atoms with van der Waals surface area (Å²) in [5.74, 6) is 0. The first-order valence-electron chi connectivity index (χ1n) is 7.22. The van der Waals surface area contributed by atoms with E-state index in [0.29, 0.717) is 6.04 Å². The second kappa shape index (κ2) is 6.63. The molecule has 100 valence electrons. The molecule has 2 rings (SSSR count). The second-order valence-corrected chi connectivity index (χ2v) is 6.85. The van der Waals surface area contributed by atoms with E-state index in [1.54, 1.807) is 5.56 Å². The maximum Gasteiger partial charge on any atom is 0.0443 e. The third kappa shape index (κ3) is 3.10. The average molecular weight is 263 g/mol. The van der Waals surface area contributed by atoms with Crippen molar-refractivity contribution in [2.45, 2.75) is 56.6 Å². The van der Waals surface area contributed by atoms with Gasteiger partial charge in [0.1, 0.15) is 0 Å². The number of fused-ring (bicyclic) bond motifs is 1. The highest BCUT2D eigenvalue weighted by molar-refractivity contribution is 8.00. The minimum absolute atomic E-state index is 0.541. The molecule has 3 atom stereocenters. The van der Waals surface area contributed by atoms with E-state index in [4.69, 9.17) is 0 Å². The first-order valence-corrected chi connectivity index (χ1v) is 8.17. The van der Waals surface area contributed by atoms with Crippen molar-refractivity contribution in [3.63, 3.8) is 0 Å². The Hall–Kier alpha value is -0.470. The number of hydrogen-bond donors (Lipinski definition) is 1. The molecule has 0 saturated heterocycles. The van der Waals surface area contributed by atoms with Crippen LogP contribution in [0.15, 0.2) is 24.3 Å². The summed E-state index contributed by atoms with van der Waals surface area (Å²) in [7, 11) is 0. The van der Waals surface area contributed by atoms with Crippen LogP contribution < -0.4 is 5.32 Å². The van der Waals surface area contributed by atoms with E-state index in [0.717, 1.165) is 17.0 Å². The van der Waals surface area contributed by atoms with Crippen molar-refractivity contribution >= 4 is 11.8 Å². The number of benzene rings is 1. The Morgan fingerprint density at radius 1 is 1.33 bits per heavy atom. The van der Waals surface area contributed by atoms with Crippen molar-refractivity contribution in [3.8, 4) is 0 Å². The normalized spacial score (nSPS) is 24.6. The Bertz CT molecular complexity index is 377. The van der Waals surface area contributed by atoms with Crippen LogP contribution in [-0.4, -0.2) is 17.0 Å². The van der Waals surface area contributed by atoms with Crippen LogP contribution in [0.4, 0.5) is 0 Å². The summed E-state index contributed by atoms with van der Waals surface area (Å²) in [6, 6.07) is 9.50. The zero-order valence-corrected chi connectivity index (χ0v) is 12.6. The minimum atomic E-state index is 0.541. The summed E-state index contributed by atoms with van der Waals surface area (Å²) < 4.78 is 0. The summed E-state index contributed by atoms with van der Waals surface area (Å²) in [5, 5.41) is 5.20. The number of thioether (sulfide) groups is 1. The van der Waals surface area contributed by atoms with Gasteiger partial charge in [-0.25, -0.2) is 0 Å². The third-order valence-electron chi connectivity index (χ3n) is 3.87. The van der Waals surface area contributed by atoms with Gasteiger partial charge in [0.15, 0.2) is 0 Å². The molecular weight excluding hydrogens is 238 g/mol. The van der Waals surface area contributed by atoms with Gasteiger partial charge in [-0.15, -0.1) is 0 Å². The van der Waals surface area contributed by atoms with Gasteiger partial charge >= 0.3 is 0 Å². The monoisotopic (exact) mass is 263 g/mol. The second-order valence-electron chi connectivity index (χ2n) is 5.17. The molecular formula is C16H25NS. The van der Waals surface area contributed by atoms with Gasteiger partial charge in [0, 0.05) is 16.5 Å². The molecule has 1 aromatic carbocycles. The lowest BCUT2D eigenvalue weighted by Gasteiger charge is -2.35. The van der Waals surface area contributed by atoms with Gasteiger partial charge in [-0.3, -0.25) is 0 Å². The predicted molar refractivity (Wildman–Crippen MR) is 82.3 cm³/mol. The Balaban J connectivity index is 2.18. The molecule has 0 spiro atoms. The Morgan fingerprint density at radius 2 is 2.11 bits per heavy atom. The van der Waals surface area contributed by atoms with Gasteiger partial charge in [-0.05, 0) is 36.9 Å². The predicted octanol–water partition coefficient (Wildman–Crippen LogP) is 4.18. The molecule has 0 amide bonds. The zero-order valence-electron chi connectivity index (χ0n) is 11.8. The van der Waals surface area contributed by atoms with Crippen molar-refractivity contribution in [1.82, 2.24) is 5.32 Å². The highest BCUT2D eigenvalue weighted by atomic mass is 32.2. The fourth-order valence-electron chi connectivity index (χ4n) is 2.73. The fourth-order valence-corrected chi connectivity index (χ4v) is 4.18. The van der Waals surface area contributed by atoms with Crippen LogP contribution in [0.1, 0.15) is 50.8 Å². The van der Waals surface area contributed by atoms with Crippen LogP contribution in [0.25, 0.3) is 0 Å². The SMILES string of the molecule is CCNC1c2ccccc2CCC1SC(C)CC. The summed E-state index contributed by atoms with van der Waals surface area (Å²) in [6.45, 7) is 7.91. The van der Waals surface area contributed by atoms with Crippen molar-refractivity contribution in [2.24, 2.45) is 0 Å². The van der Waals surface area contributed by atoms with Crippen LogP contribution >= 0.6 is 11.8 Å². The maximum atomic E-state index is 3.70. The molecule has 1 aliphatic carbocycles. The molecule has 18 heavy (non-hydrogen) atoms. The molecule has 1 aliphatic rings. The topological polar surface area (TPSA) is 12.0 Å². The largest absolute Gasteiger partial charge is 0.309 e. The lowest BCUT2D eigenvalue weighted by molar-refractivity contribution is 0.483. The first kappa shape index (κ1) is 14.0. The fraction of sp³-hybridized carbons (Fsp3) is 0.625. The van der Waals surface area contributed by atoms with Gasteiger partial charge < -0.3 is 5.32 Å². The Kier molecular flexibility index (Phi) is 5.13. The first-order chi connectivity index (χ1) is 8.76. The van der Waals surface area contributed by atoms with Crippen LogP contribution in [-0.2, 0) is 6.42 Å². The third-order valence-corrected chi connectivity index (χ3v) is 5.52. The molecule has 1 aromatic rings. The van der Waals surface area contributed by atoms with Crippen molar-refractivity contribution in [3.05, 3.63) is 35.4 Å². The molecule has 3 unspecified atom stereocenters. The number of rotatable bonds is 5. The van der Waals surface area contributed by atoms with E-state index >= 15 is 0 Å². The summed E-state index contributed by atoms with van der Waals surface area (Å²) in [5.41, 5.74) is 3.08. The van der Waals surface area contributed by atoms with E-state index in [1.807, 2.05) is 0 Å². The van der Waals surface area contributed by atoms with E-state index in [-0.39, 0.29) is 0 Å². The lowest BCUT2D eigenvalue weighted by Crippen LogP contribution is -2.35. The molecule has 0 radical (unpaired) electrons. The quantitative estimate of drug-likeness (QED) is 0.855. The summed E-state index contributed by atoms with van der Waals surface area (Å²) >= 11 is 2.17. The van der Waals surface area contributed by atoms with E-state index in [1.165, 1.54) is 24.8 Å². The van der Waals surface area contributed by atoms with Gasteiger partial charge in [-0.2, -0.15) is 11.8 Å². The highest BCUT2D eigenvalue weighted by Gasteiger charge is 2.29. The Morgan fingerprint density at radius 3 is 2.83 bits per heavy atom. The smallest absolute Gasteiger partial charge is 0.0443 e. The van der Waals surface area contributed by atoms with E-state index < -0.39 is 0 Å². The molecule has 1 nitrogen and oxygen atoms in total. The standard InChI is InChI=1S/C16H25NS/c1-4-12(3)18-15-11-10-13-8-6-7-9-14(13)16(15)17-5-2/h6-9,12,15-17H,4-5,10-11H2,1-3H3. The van der Waals surface area contributed by atoms with E-state index in [9.17, 15) is 0 Å². The molecule has 0 aromatic heterocycles. The van der Waals surface area contributed by atoms with Crippen LogP contribution in [0.2, 0.25) is 0 Å². The summed E-state index contributed by atoms with van der Waals surface area (Å²) in [6.07, 6.45) is 3.82. The number of hydrogen-bond acceptors (Lipinski definition) is 2. The molecule has 0 fully saturated rings. The van der Waals surface area contributed by atoms with Crippen LogP contribution in [0.3, 0.4) is 0 Å². The molecule has 0 aliphatic heterocycles. The lowest BCUT2D eigenvalue weighted by atomic mass is 9.87. The van der Waals surface area contributed by atoms with E-state index in [2.05, 4.69) is 62.1 Å². The molecule has 0 bridgehead atoms. The van der Waals surface area contributed by atoms with Crippen molar-refractivity contribution < 1.29 is 0 Å². The van der Waals surface area contributed by atoms with Crippen molar-refractivity contribution in [2.75, 3.05) is 6.54 Å². The van der Waals surface area contributed by atoms with Crippen LogP contribution in [0, 0.1) is 0 Å². The number of nitrogens with one attached hydrogen (secondary N) is 1.